The highest BCUT2D eigenvalue weighted by atomic mass is 32.1. The molecule has 2 aliphatic rings. The minimum Gasteiger partial charge on any atom is -0.387 e. The summed E-state index contributed by atoms with van der Waals surface area (Å²) in [5.74, 6) is 1.16. The molecule has 2 aromatic rings. The molecule has 2 aliphatic heterocycles. The van der Waals surface area contributed by atoms with Crippen molar-refractivity contribution in [2.24, 2.45) is 28.1 Å². The lowest BCUT2D eigenvalue weighted by atomic mass is 10.0. The van der Waals surface area contributed by atoms with Gasteiger partial charge >= 0.3 is 0 Å². The number of carbonyl (C=O) groups is 2. The molecule has 0 aliphatic carbocycles. The first-order chi connectivity index (χ1) is 18.9. The van der Waals surface area contributed by atoms with Gasteiger partial charge in [-0.15, -0.1) is 12.6 Å². The first-order valence-corrected chi connectivity index (χ1v) is 13.8. The summed E-state index contributed by atoms with van der Waals surface area (Å²) in [6.07, 6.45) is 4.43. The van der Waals surface area contributed by atoms with Gasteiger partial charge in [-0.25, -0.2) is 4.99 Å². The molecule has 8 N–H and O–H groups in total. The van der Waals surface area contributed by atoms with E-state index in [4.69, 9.17) is 11.5 Å². The number of nitrogens with two attached hydrogens (primary N) is 3. The number of carbonyl (C=O) groups excluding carboxylic acids is 2. The second-order valence-electron chi connectivity index (χ2n) is 9.25. The van der Waals surface area contributed by atoms with Crippen LogP contribution in [-0.2, 0) is 9.59 Å². The van der Waals surface area contributed by atoms with Crippen molar-refractivity contribution in [1.82, 2.24) is 15.5 Å². The maximum atomic E-state index is 13.2. The molecular formula is C29H43N7O2S. The Morgan fingerprint density at radius 3 is 2.51 bits per heavy atom. The summed E-state index contributed by atoms with van der Waals surface area (Å²) >= 11 is 4.42. The maximum absolute atomic E-state index is 13.2. The molecule has 0 radical (unpaired) electrons. The van der Waals surface area contributed by atoms with Gasteiger partial charge in [0.05, 0.1) is 5.69 Å². The Morgan fingerprint density at radius 1 is 1.18 bits per heavy atom. The number of thiol groups is 1. The SMILES string of the molecule is CCCN(CCCNC=O)C(=O)C1=Cc2ccc(-c3cccc(S)c3)cc2N=C(N)C1.CN.NCC1CNC1. The molecule has 1 fully saturated rings. The first-order valence-electron chi connectivity index (χ1n) is 13.4. The van der Waals surface area contributed by atoms with E-state index in [-0.39, 0.29) is 5.91 Å². The van der Waals surface area contributed by atoms with Gasteiger partial charge in [-0.05, 0) is 67.8 Å². The summed E-state index contributed by atoms with van der Waals surface area (Å²) in [5, 5.41) is 5.77. The molecule has 2 heterocycles. The molecular weight excluding hydrogens is 510 g/mol. The summed E-state index contributed by atoms with van der Waals surface area (Å²) < 4.78 is 0. The molecule has 10 heteroatoms. The molecule has 0 bridgehead atoms. The molecule has 9 nitrogen and oxygen atoms in total. The second-order valence-corrected chi connectivity index (χ2v) is 9.77. The molecule has 212 valence electrons. The van der Waals surface area contributed by atoms with Crippen LogP contribution in [0.5, 0.6) is 0 Å². The van der Waals surface area contributed by atoms with E-state index in [1.165, 1.54) is 7.05 Å². The van der Waals surface area contributed by atoms with Gasteiger partial charge in [-0.3, -0.25) is 9.59 Å². The number of aliphatic imine (C=N–C) groups is 1. The number of amides is 2. The zero-order valence-corrected chi connectivity index (χ0v) is 23.9. The van der Waals surface area contributed by atoms with Gasteiger partial charge in [0.2, 0.25) is 12.3 Å². The van der Waals surface area contributed by atoms with Gasteiger partial charge in [0.15, 0.2) is 0 Å². The Morgan fingerprint density at radius 2 is 1.92 bits per heavy atom. The fourth-order valence-electron chi connectivity index (χ4n) is 4.13. The summed E-state index contributed by atoms with van der Waals surface area (Å²) in [7, 11) is 1.50. The highest BCUT2D eigenvalue weighted by Crippen LogP contribution is 2.32. The van der Waals surface area contributed by atoms with Gasteiger partial charge in [0, 0.05) is 55.2 Å². The average Bonchev–Trinajstić information content (AvgIpc) is 3.08. The largest absolute Gasteiger partial charge is 0.387 e. The zero-order valence-electron chi connectivity index (χ0n) is 23.0. The Bertz CT molecular complexity index is 1130. The lowest BCUT2D eigenvalue weighted by Gasteiger charge is -2.24. The average molecular weight is 554 g/mol. The third kappa shape index (κ3) is 10.1. The lowest BCUT2D eigenvalue weighted by Crippen LogP contribution is -2.45. The van der Waals surface area contributed by atoms with Crippen molar-refractivity contribution in [2.45, 2.75) is 31.1 Å². The van der Waals surface area contributed by atoms with Crippen molar-refractivity contribution in [2.75, 3.05) is 46.3 Å². The van der Waals surface area contributed by atoms with Gasteiger partial charge in [0.25, 0.3) is 0 Å². The number of nitrogens with one attached hydrogen (secondary N) is 2. The van der Waals surface area contributed by atoms with E-state index in [2.05, 4.69) is 34.0 Å². The van der Waals surface area contributed by atoms with E-state index in [0.717, 1.165) is 59.2 Å². The van der Waals surface area contributed by atoms with Crippen molar-refractivity contribution in [1.29, 1.82) is 0 Å². The number of fused-ring (bicyclic) bond motifs is 1. The van der Waals surface area contributed by atoms with E-state index >= 15 is 0 Å². The van der Waals surface area contributed by atoms with E-state index < -0.39 is 0 Å². The Labute approximate surface area is 237 Å². The highest BCUT2D eigenvalue weighted by molar-refractivity contribution is 7.80. The van der Waals surface area contributed by atoms with Gasteiger partial charge in [-0.1, -0.05) is 31.2 Å². The van der Waals surface area contributed by atoms with Crippen LogP contribution < -0.4 is 27.8 Å². The number of benzene rings is 2. The van der Waals surface area contributed by atoms with Crippen molar-refractivity contribution in [3.05, 3.63) is 53.6 Å². The molecule has 0 aromatic heterocycles. The fraction of sp³-hybridized carbons (Fsp3) is 0.414. The van der Waals surface area contributed by atoms with E-state index in [9.17, 15) is 9.59 Å². The molecule has 39 heavy (non-hydrogen) atoms. The molecule has 0 saturated carbocycles. The number of amidine groups is 1. The van der Waals surface area contributed by atoms with E-state index in [0.29, 0.717) is 50.3 Å². The maximum Gasteiger partial charge on any atom is 0.250 e. The van der Waals surface area contributed by atoms with Crippen LogP contribution >= 0.6 is 12.6 Å². The second kappa shape index (κ2) is 17.4. The number of hydrogen-bond acceptors (Lipinski definition) is 8. The topological polar surface area (TPSA) is 152 Å². The van der Waals surface area contributed by atoms with Crippen LogP contribution in [0.4, 0.5) is 5.69 Å². The number of hydrogen-bond donors (Lipinski definition) is 6. The number of nitrogens with zero attached hydrogens (tertiary/aromatic N) is 2. The van der Waals surface area contributed by atoms with Crippen LogP contribution in [0, 0.1) is 5.92 Å². The van der Waals surface area contributed by atoms with Gasteiger partial charge in [0.1, 0.15) is 5.84 Å². The molecule has 0 spiro atoms. The molecule has 2 amide bonds. The lowest BCUT2D eigenvalue weighted by molar-refractivity contribution is -0.127. The van der Waals surface area contributed by atoms with Crippen LogP contribution in [0.2, 0.25) is 0 Å². The third-order valence-electron chi connectivity index (χ3n) is 6.26. The summed E-state index contributed by atoms with van der Waals surface area (Å²) in [6.45, 7) is 6.94. The zero-order chi connectivity index (χ0) is 28.6. The third-order valence-corrected chi connectivity index (χ3v) is 6.54. The summed E-state index contributed by atoms with van der Waals surface area (Å²) in [5.41, 5.74) is 20.3. The highest BCUT2D eigenvalue weighted by Gasteiger charge is 2.21. The minimum absolute atomic E-state index is 0.0363. The number of rotatable bonds is 10. The monoisotopic (exact) mass is 553 g/mol. The van der Waals surface area contributed by atoms with Gasteiger partial charge < -0.3 is 32.7 Å². The van der Waals surface area contributed by atoms with Crippen LogP contribution in [0.3, 0.4) is 0 Å². The molecule has 1 saturated heterocycles. The Hall–Kier alpha value is -3.18. The van der Waals surface area contributed by atoms with Crippen LogP contribution in [0.15, 0.2) is 57.9 Å². The van der Waals surface area contributed by atoms with Crippen LogP contribution in [0.1, 0.15) is 31.7 Å². The van der Waals surface area contributed by atoms with E-state index in [1.54, 1.807) is 0 Å². The Kier molecular flexibility index (Phi) is 14.3. The van der Waals surface area contributed by atoms with Crippen LogP contribution in [0.25, 0.3) is 17.2 Å². The molecule has 0 atom stereocenters. The smallest absolute Gasteiger partial charge is 0.250 e. The molecule has 4 rings (SSSR count). The minimum atomic E-state index is -0.0363. The van der Waals surface area contributed by atoms with Gasteiger partial charge in [-0.2, -0.15) is 0 Å². The summed E-state index contributed by atoms with van der Waals surface area (Å²) in [4.78, 5) is 31.0. The molecule has 0 unspecified atom stereocenters. The van der Waals surface area contributed by atoms with E-state index in [1.807, 2.05) is 60.4 Å². The van der Waals surface area contributed by atoms with Crippen molar-refractivity contribution >= 4 is 42.5 Å². The standard InChI is InChI=1S/C24H28N4O2S.C4H10N2.CH5N/c1-2-10-28(11-4-9-26-16-29)24(30)20-12-19-8-7-18(14-22(19)27-23(25)15-20)17-5-3-6-21(31)13-17;5-1-4-2-6-3-4;1-2/h3,5-8,12-14,16,31H,2,4,9-11,15H2,1H3,(H2,25,27)(H,26,29);4,6H,1-3,5H2;2H2,1H3. The van der Waals surface area contributed by atoms with Crippen molar-refractivity contribution in [3.63, 3.8) is 0 Å². The van der Waals surface area contributed by atoms with Crippen molar-refractivity contribution in [3.8, 4) is 11.1 Å². The molecule has 2 aromatic carbocycles. The predicted octanol–water partition coefficient (Wildman–Crippen LogP) is 2.53. The normalized spacial score (nSPS) is 14.0. The first kappa shape index (κ1) is 32.0. The van der Waals surface area contributed by atoms with Crippen molar-refractivity contribution < 1.29 is 9.59 Å². The Balaban J connectivity index is 0.000000578. The van der Waals surface area contributed by atoms with Crippen LogP contribution in [-0.4, -0.2) is 69.4 Å². The fourth-order valence-corrected chi connectivity index (χ4v) is 4.35. The quantitative estimate of drug-likeness (QED) is 0.151. The predicted molar refractivity (Wildman–Crippen MR) is 164 cm³/mol. The summed E-state index contributed by atoms with van der Waals surface area (Å²) in [6, 6.07) is 13.9.